The van der Waals surface area contributed by atoms with Gasteiger partial charge in [0.15, 0.2) is 11.5 Å². The highest BCUT2D eigenvalue weighted by molar-refractivity contribution is 6.32. The number of methoxy groups -OCH3 is 2. The second-order valence-electron chi connectivity index (χ2n) is 6.62. The summed E-state index contributed by atoms with van der Waals surface area (Å²) in [6, 6.07) is 12.6. The number of rotatable bonds is 8. The van der Waals surface area contributed by atoms with Crippen LogP contribution in [0.25, 0.3) is 0 Å². The van der Waals surface area contributed by atoms with E-state index in [2.05, 4.69) is 34.5 Å². The third kappa shape index (κ3) is 5.59. The van der Waals surface area contributed by atoms with Crippen molar-refractivity contribution in [1.82, 2.24) is 10.2 Å². The molecule has 0 amide bonds. The van der Waals surface area contributed by atoms with Gasteiger partial charge in [-0.3, -0.25) is 4.90 Å². The lowest BCUT2D eigenvalue weighted by molar-refractivity contribution is 0.0342. The zero-order chi connectivity index (χ0) is 19.1. The van der Waals surface area contributed by atoms with Gasteiger partial charge in [-0.15, -0.1) is 0 Å². The van der Waals surface area contributed by atoms with Gasteiger partial charge in [0.1, 0.15) is 0 Å². The summed E-state index contributed by atoms with van der Waals surface area (Å²) in [5.41, 5.74) is 3.65. The Morgan fingerprint density at radius 3 is 2.30 bits per heavy atom. The third-order valence-electron chi connectivity index (χ3n) is 4.68. The van der Waals surface area contributed by atoms with Crippen molar-refractivity contribution in [2.24, 2.45) is 0 Å². The zero-order valence-corrected chi connectivity index (χ0v) is 16.7. The van der Waals surface area contributed by atoms with Crippen molar-refractivity contribution >= 4 is 11.6 Å². The monoisotopic (exact) mass is 390 g/mol. The second kappa shape index (κ2) is 9.95. The van der Waals surface area contributed by atoms with E-state index in [1.165, 1.54) is 11.1 Å². The number of benzene rings is 2. The molecule has 1 aliphatic heterocycles. The van der Waals surface area contributed by atoms with Gasteiger partial charge in [0.25, 0.3) is 0 Å². The Morgan fingerprint density at radius 1 is 0.963 bits per heavy atom. The van der Waals surface area contributed by atoms with Crippen LogP contribution >= 0.6 is 11.6 Å². The minimum atomic E-state index is 0.557. The summed E-state index contributed by atoms with van der Waals surface area (Å²) in [6.07, 6.45) is 0. The van der Waals surface area contributed by atoms with Crippen LogP contribution in [-0.4, -0.2) is 45.4 Å². The summed E-state index contributed by atoms with van der Waals surface area (Å²) in [6.45, 7) is 6.18. The summed E-state index contributed by atoms with van der Waals surface area (Å²) < 4.78 is 16.0. The van der Waals surface area contributed by atoms with Gasteiger partial charge in [-0.25, -0.2) is 0 Å². The average molecular weight is 391 g/mol. The molecule has 5 nitrogen and oxygen atoms in total. The molecule has 146 valence electrons. The van der Waals surface area contributed by atoms with Crippen LogP contribution in [0.4, 0.5) is 0 Å². The summed E-state index contributed by atoms with van der Waals surface area (Å²) in [5.74, 6) is 1.22. The molecular formula is C21H27ClN2O3. The van der Waals surface area contributed by atoms with Crippen molar-refractivity contribution in [3.05, 3.63) is 58.1 Å². The molecule has 0 bridgehead atoms. The van der Waals surface area contributed by atoms with E-state index in [0.717, 1.165) is 45.0 Å². The highest BCUT2D eigenvalue weighted by Gasteiger charge is 2.11. The van der Waals surface area contributed by atoms with Gasteiger partial charge in [-0.05, 0) is 28.8 Å². The largest absolute Gasteiger partial charge is 0.493 e. The Balaban J connectivity index is 1.51. The number of ether oxygens (including phenoxy) is 3. The first-order chi connectivity index (χ1) is 13.2. The third-order valence-corrected chi connectivity index (χ3v) is 4.97. The number of nitrogens with one attached hydrogen (secondary N) is 1. The fourth-order valence-corrected chi connectivity index (χ4v) is 3.51. The molecular weight excluding hydrogens is 364 g/mol. The minimum Gasteiger partial charge on any atom is -0.493 e. The molecule has 2 aromatic carbocycles. The van der Waals surface area contributed by atoms with Crippen molar-refractivity contribution in [2.45, 2.75) is 19.6 Å². The number of hydrogen-bond donors (Lipinski definition) is 1. The molecule has 0 unspecified atom stereocenters. The van der Waals surface area contributed by atoms with Crippen LogP contribution in [0, 0.1) is 0 Å². The standard InChI is InChI=1S/C21H27ClN2O3/c1-25-20-12-18(11-19(22)21(20)26-2)14-23-13-16-3-5-17(6-4-16)15-24-7-9-27-10-8-24/h3-6,11-12,23H,7-10,13-15H2,1-2H3. The van der Waals surface area contributed by atoms with Crippen LogP contribution in [0.2, 0.25) is 5.02 Å². The van der Waals surface area contributed by atoms with Crippen LogP contribution < -0.4 is 14.8 Å². The summed E-state index contributed by atoms with van der Waals surface area (Å²) in [7, 11) is 3.20. The molecule has 0 aromatic heterocycles. The van der Waals surface area contributed by atoms with E-state index >= 15 is 0 Å². The van der Waals surface area contributed by atoms with Gasteiger partial charge in [-0.1, -0.05) is 35.9 Å². The smallest absolute Gasteiger partial charge is 0.179 e. The molecule has 0 spiro atoms. The first-order valence-electron chi connectivity index (χ1n) is 9.18. The molecule has 1 heterocycles. The fraction of sp³-hybridized carbons (Fsp3) is 0.429. The minimum absolute atomic E-state index is 0.557. The molecule has 3 rings (SSSR count). The van der Waals surface area contributed by atoms with Gasteiger partial charge in [0.2, 0.25) is 0 Å². The zero-order valence-electron chi connectivity index (χ0n) is 16.0. The fourth-order valence-electron chi connectivity index (χ4n) is 3.20. The van der Waals surface area contributed by atoms with Gasteiger partial charge in [-0.2, -0.15) is 0 Å². The van der Waals surface area contributed by atoms with E-state index in [0.29, 0.717) is 23.1 Å². The Bertz CT molecular complexity index is 731. The van der Waals surface area contributed by atoms with E-state index in [1.54, 1.807) is 14.2 Å². The summed E-state index contributed by atoms with van der Waals surface area (Å²) in [4.78, 5) is 2.43. The van der Waals surface area contributed by atoms with Gasteiger partial charge in [0.05, 0.1) is 32.5 Å². The number of halogens is 1. The van der Waals surface area contributed by atoms with Crippen molar-refractivity contribution in [3.8, 4) is 11.5 Å². The molecule has 27 heavy (non-hydrogen) atoms. The first-order valence-corrected chi connectivity index (χ1v) is 9.56. The quantitative estimate of drug-likeness (QED) is 0.747. The number of morpholine rings is 1. The lowest BCUT2D eigenvalue weighted by Gasteiger charge is -2.26. The molecule has 0 aliphatic carbocycles. The molecule has 1 aliphatic rings. The summed E-state index contributed by atoms with van der Waals surface area (Å²) in [5, 5.41) is 4.01. The first kappa shape index (κ1) is 20.0. The van der Waals surface area contributed by atoms with E-state index in [-0.39, 0.29) is 0 Å². The molecule has 1 N–H and O–H groups in total. The van der Waals surface area contributed by atoms with Crippen molar-refractivity contribution in [3.63, 3.8) is 0 Å². The molecule has 1 saturated heterocycles. The topological polar surface area (TPSA) is 43.0 Å². The van der Waals surface area contributed by atoms with Crippen LogP contribution in [0.15, 0.2) is 36.4 Å². The molecule has 1 fully saturated rings. The number of nitrogens with zero attached hydrogens (tertiary/aromatic N) is 1. The van der Waals surface area contributed by atoms with E-state index in [1.807, 2.05) is 12.1 Å². The molecule has 0 radical (unpaired) electrons. The predicted octanol–water partition coefficient (Wildman–Crippen LogP) is 3.48. The van der Waals surface area contributed by atoms with Gasteiger partial charge < -0.3 is 19.5 Å². The predicted molar refractivity (Wildman–Crippen MR) is 108 cm³/mol. The highest BCUT2D eigenvalue weighted by atomic mass is 35.5. The van der Waals surface area contributed by atoms with E-state index in [9.17, 15) is 0 Å². The van der Waals surface area contributed by atoms with Crippen molar-refractivity contribution in [2.75, 3.05) is 40.5 Å². The van der Waals surface area contributed by atoms with Crippen LogP contribution in [0.1, 0.15) is 16.7 Å². The average Bonchev–Trinajstić information content (AvgIpc) is 2.69. The van der Waals surface area contributed by atoms with E-state index in [4.69, 9.17) is 25.8 Å². The van der Waals surface area contributed by atoms with Crippen LogP contribution in [0.5, 0.6) is 11.5 Å². The van der Waals surface area contributed by atoms with E-state index < -0.39 is 0 Å². The second-order valence-corrected chi connectivity index (χ2v) is 7.03. The summed E-state index contributed by atoms with van der Waals surface area (Å²) >= 11 is 6.26. The van der Waals surface area contributed by atoms with Crippen LogP contribution in [-0.2, 0) is 24.4 Å². The van der Waals surface area contributed by atoms with Crippen LogP contribution in [0.3, 0.4) is 0 Å². The Hall–Kier alpha value is -1.79. The molecule has 2 aromatic rings. The number of hydrogen-bond acceptors (Lipinski definition) is 5. The lowest BCUT2D eigenvalue weighted by Crippen LogP contribution is -2.35. The highest BCUT2D eigenvalue weighted by Crippen LogP contribution is 2.35. The Labute approximate surface area is 166 Å². The maximum Gasteiger partial charge on any atom is 0.179 e. The van der Waals surface area contributed by atoms with Crippen molar-refractivity contribution < 1.29 is 14.2 Å². The maximum absolute atomic E-state index is 6.26. The van der Waals surface area contributed by atoms with Crippen molar-refractivity contribution in [1.29, 1.82) is 0 Å². The lowest BCUT2D eigenvalue weighted by atomic mass is 10.1. The normalized spacial score (nSPS) is 14.9. The van der Waals surface area contributed by atoms with Gasteiger partial charge >= 0.3 is 0 Å². The Kier molecular flexibility index (Phi) is 7.35. The maximum atomic E-state index is 6.26. The molecule has 0 atom stereocenters. The molecule has 6 heteroatoms. The van der Waals surface area contributed by atoms with Gasteiger partial charge in [0, 0.05) is 32.7 Å². The SMILES string of the molecule is COc1cc(CNCc2ccc(CN3CCOCC3)cc2)cc(Cl)c1OC. The Morgan fingerprint density at radius 2 is 1.63 bits per heavy atom. The molecule has 0 saturated carbocycles.